The molecule has 29 heavy (non-hydrogen) atoms. The molecule has 0 spiro atoms. The fourth-order valence-corrected chi connectivity index (χ4v) is 62.8. The maximum atomic E-state index is 2.77. The van der Waals surface area contributed by atoms with Gasteiger partial charge in [-0.3, -0.25) is 0 Å². The zero-order valence-electron chi connectivity index (χ0n) is 22.8. The normalized spacial score (nSPS) is 16.6. The van der Waals surface area contributed by atoms with Crippen LogP contribution in [0.2, 0.25) is 113 Å². The van der Waals surface area contributed by atoms with Crippen molar-refractivity contribution in [2.24, 2.45) is 0 Å². The van der Waals surface area contributed by atoms with Crippen LogP contribution in [0.1, 0.15) is 19.3 Å². The van der Waals surface area contributed by atoms with E-state index in [0.29, 0.717) is 0 Å². The van der Waals surface area contributed by atoms with Crippen molar-refractivity contribution in [1.82, 2.24) is 0 Å². The van der Waals surface area contributed by atoms with Gasteiger partial charge in [0.2, 0.25) is 0 Å². The first-order valence-electron chi connectivity index (χ1n) is 13.2. The van der Waals surface area contributed by atoms with E-state index in [-0.39, 0.29) is 36.2 Å². The minimum Gasteiger partial charge on any atom is -0.0743 e. The SMILES string of the molecule is C[SiH](C)CC(C([SiH2]CCCCC[SiH2]C[Si](C)(C)[Si](C)(C)[SiH](C)C)[SiH](C)C)[SiH](C)C. The molecule has 0 saturated heterocycles. The summed E-state index contributed by atoms with van der Waals surface area (Å²) in [4.78, 5) is 0. The summed E-state index contributed by atoms with van der Waals surface area (Å²) in [5, 5.41) is 1.31. The highest BCUT2D eigenvalue weighted by molar-refractivity contribution is 7.64. The average molecular weight is 537 g/mol. The van der Waals surface area contributed by atoms with E-state index in [1.807, 2.05) is 0 Å². The maximum absolute atomic E-state index is 2.77. The molecule has 0 aromatic rings. The molecule has 0 fully saturated rings. The highest BCUT2D eigenvalue weighted by Crippen LogP contribution is 2.35. The van der Waals surface area contributed by atoms with Gasteiger partial charge < -0.3 is 0 Å². The van der Waals surface area contributed by atoms with Gasteiger partial charge in [-0.25, -0.2) is 0 Å². The van der Waals surface area contributed by atoms with Crippen LogP contribution in [0.15, 0.2) is 0 Å². The smallest absolute Gasteiger partial charge is 0.0353 e. The summed E-state index contributed by atoms with van der Waals surface area (Å²) in [6, 6.07) is 5.05. The Hall–Kier alpha value is 1.74. The van der Waals surface area contributed by atoms with Crippen molar-refractivity contribution < 1.29 is 0 Å². The first-order chi connectivity index (χ1) is 13.2. The van der Waals surface area contributed by atoms with Crippen LogP contribution in [0.5, 0.6) is 0 Å². The first kappa shape index (κ1) is 30.7. The number of rotatable bonds is 16. The Labute approximate surface area is 199 Å². The average Bonchev–Trinajstić information content (AvgIpc) is 2.57. The third-order valence-electron chi connectivity index (χ3n) is 8.78. The lowest BCUT2D eigenvalue weighted by Crippen LogP contribution is -2.63. The van der Waals surface area contributed by atoms with E-state index in [4.69, 9.17) is 0 Å². The third-order valence-corrected chi connectivity index (χ3v) is 69.9. The van der Waals surface area contributed by atoms with Crippen LogP contribution in [-0.4, -0.2) is 68.4 Å². The highest BCUT2D eigenvalue weighted by atomic mass is 29.6. The lowest BCUT2D eigenvalue weighted by Gasteiger charge is -2.41. The molecule has 0 aromatic heterocycles. The van der Waals surface area contributed by atoms with Crippen LogP contribution < -0.4 is 0 Å². The van der Waals surface area contributed by atoms with E-state index in [0.717, 1.165) is 0 Å². The van der Waals surface area contributed by atoms with E-state index in [2.05, 4.69) is 78.6 Å². The van der Waals surface area contributed by atoms with Gasteiger partial charge in [-0.15, -0.1) is 0 Å². The van der Waals surface area contributed by atoms with E-state index in [9.17, 15) is 0 Å². The predicted octanol–water partition coefficient (Wildman–Crippen LogP) is 5.51. The molecular weight excluding hydrogens is 477 g/mol. The molecule has 0 rings (SSSR count). The Morgan fingerprint density at radius 1 is 0.724 bits per heavy atom. The third kappa shape index (κ3) is 11.4. The van der Waals surface area contributed by atoms with Gasteiger partial charge in [0.05, 0.1) is 0 Å². The van der Waals surface area contributed by atoms with Crippen LogP contribution >= 0.6 is 0 Å². The number of hydrogen-bond donors (Lipinski definition) is 0. The monoisotopic (exact) mass is 536 g/mol. The van der Waals surface area contributed by atoms with Crippen LogP contribution in [-0.2, 0) is 0 Å². The summed E-state index contributed by atoms with van der Waals surface area (Å²) < 4.78 is 0. The molecule has 0 bridgehead atoms. The maximum Gasteiger partial charge on any atom is 0.0353 e. The standard InChI is InChI=1S/C21H60Si8/c1-24(2)18-20(25(3)4)21(26(5)6)23-17-15-13-14-16-22-19-28(9,10)29(11,12)27(7)8/h20-21,24-27H,13-19,22-23H2,1-12H3. The summed E-state index contributed by atoms with van der Waals surface area (Å²) in [7, 11) is -2.88. The molecule has 0 aromatic carbocycles. The Kier molecular flexibility index (Phi) is 15.7. The van der Waals surface area contributed by atoms with Crippen LogP contribution in [0.3, 0.4) is 0 Å². The summed E-state index contributed by atoms with van der Waals surface area (Å²) in [6.07, 6.45) is 4.78. The van der Waals surface area contributed by atoms with Crippen molar-refractivity contribution in [1.29, 1.82) is 0 Å². The summed E-state index contributed by atoms with van der Waals surface area (Å²) in [6.45, 7) is 32.3. The second-order valence-corrected chi connectivity index (χ2v) is 56.4. The van der Waals surface area contributed by atoms with E-state index in [1.165, 1.54) is 10.7 Å². The second kappa shape index (κ2) is 14.8. The predicted molar refractivity (Wildman–Crippen MR) is 168 cm³/mol. The van der Waals surface area contributed by atoms with Crippen molar-refractivity contribution >= 4 is 68.4 Å². The Balaban J connectivity index is 4.22. The van der Waals surface area contributed by atoms with Crippen LogP contribution in [0, 0.1) is 0 Å². The van der Waals surface area contributed by atoms with Crippen molar-refractivity contribution in [3.05, 3.63) is 0 Å². The summed E-state index contributed by atoms with van der Waals surface area (Å²) >= 11 is 0. The van der Waals surface area contributed by atoms with Gasteiger partial charge >= 0.3 is 0 Å². The van der Waals surface area contributed by atoms with E-state index in [1.54, 1.807) is 43.1 Å². The lowest BCUT2D eigenvalue weighted by atomic mass is 10.3. The largest absolute Gasteiger partial charge is 0.0743 e. The van der Waals surface area contributed by atoms with E-state index >= 15 is 0 Å². The molecular formula is C21H60Si8. The van der Waals surface area contributed by atoms with Crippen LogP contribution in [0.4, 0.5) is 0 Å². The summed E-state index contributed by atoms with van der Waals surface area (Å²) in [5.41, 5.74) is 3.02. The highest BCUT2D eigenvalue weighted by Gasteiger charge is 2.42. The fraction of sp³-hybridized carbons (Fsp3) is 1.00. The van der Waals surface area contributed by atoms with Crippen molar-refractivity contribution in [2.75, 3.05) is 0 Å². The Morgan fingerprint density at radius 2 is 1.28 bits per heavy atom. The zero-order valence-corrected chi connectivity index (χ0v) is 32.3. The number of hydrogen-bond acceptors (Lipinski definition) is 0. The van der Waals surface area contributed by atoms with Gasteiger partial charge in [0.25, 0.3) is 0 Å². The molecule has 0 aliphatic heterocycles. The van der Waals surface area contributed by atoms with Crippen molar-refractivity contribution in [3.8, 4) is 0 Å². The molecule has 176 valence electrons. The quantitative estimate of drug-likeness (QED) is 0.180. The Bertz CT molecular complexity index is 421. The molecule has 8 heteroatoms. The zero-order chi connectivity index (χ0) is 22.8. The van der Waals surface area contributed by atoms with Gasteiger partial charge in [-0.2, -0.15) is 0 Å². The molecule has 0 amide bonds. The second-order valence-electron chi connectivity index (χ2n) is 12.9. The minimum absolute atomic E-state index is 0.202. The topological polar surface area (TPSA) is 0 Å². The van der Waals surface area contributed by atoms with Gasteiger partial charge in [-0.1, -0.05) is 132 Å². The fourth-order valence-electron chi connectivity index (χ4n) is 5.29. The molecule has 2 unspecified atom stereocenters. The van der Waals surface area contributed by atoms with Crippen molar-refractivity contribution in [2.45, 2.75) is 132 Å². The van der Waals surface area contributed by atoms with Crippen LogP contribution in [0.25, 0.3) is 0 Å². The molecule has 0 saturated carbocycles. The lowest BCUT2D eigenvalue weighted by molar-refractivity contribution is 0.761. The number of unbranched alkanes of at least 4 members (excludes halogenated alkanes) is 2. The van der Waals surface area contributed by atoms with Gasteiger partial charge in [0.15, 0.2) is 0 Å². The molecule has 0 nitrogen and oxygen atoms in total. The molecule has 2 atom stereocenters. The molecule has 0 radical (unpaired) electrons. The summed E-state index contributed by atoms with van der Waals surface area (Å²) in [5.74, 6) is 0. The van der Waals surface area contributed by atoms with Gasteiger partial charge in [0.1, 0.15) is 0 Å². The molecule has 0 aliphatic rings. The van der Waals surface area contributed by atoms with Gasteiger partial charge in [-0.05, 0) is 0 Å². The molecule has 0 aliphatic carbocycles. The molecule has 0 N–H and O–H groups in total. The first-order valence-corrected chi connectivity index (χ1v) is 37.5. The molecule has 0 heterocycles. The van der Waals surface area contributed by atoms with E-state index < -0.39 is 32.3 Å². The van der Waals surface area contributed by atoms with Gasteiger partial charge in [0, 0.05) is 68.4 Å². The minimum atomic E-state index is -0.853. The Morgan fingerprint density at radius 3 is 1.72 bits per heavy atom. The van der Waals surface area contributed by atoms with Crippen molar-refractivity contribution in [3.63, 3.8) is 0 Å².